The number of carboxylic acid groups (broad SMARTS) is 1. The van der Waals surface area contributed by atoms with Crippen LogP contribution in [0.5, 0.6) is 5.75 Å². The second kappa shape index (κ2) is 11.4. The molecule has 1 heterocycles. The fourth-order valence-electron chi connectivity index (χ4n) is 4.50. The van der Waals surface area contributed by atoms with Gasteiger partial charge < -0.3 is 20.8 Å². The highest BCUT2D eigenvalue weighted by atomic mass is 16.4. The van der Waals surface area contributed by atoms with E-state index in [9.17, 15) is 29.4 Å². The van der Waals surface area contributed by atoms with E-state index in [0.717, 1.165) is 16.7 Å². The van der Waals surface area contributed by atoms with Crippen LogP contribution in [0, 0.1) is 6.92 Å². The van der Waals surface area contributed by atoms with Gasteiger partial charge in [-0.15, -0.1) is 0 Å². The molecular weight excluding hydrogens is 500 g/mol. The van der Waals surface area contributed by atoms with Crippen LogP contribution in [0.3, 0.4) is 0 Å². The minimum atomic E-state index is -1.27. The van der Waals surface area contributed by atoms with Crippen molar-refractivity contribution in [2.75, 3.05) is 6.54 Å². The molecule has 4 rings (SSSR count). The SMILES string of the molecule is CCNCc1ccc2c(=O)n(-c3ccc(CC(NC(=O)c4c(C)cccc4O)C(=O)O)cc3)c(=O)n(C)c2c1. The summed E-state index contributed by atoms with van der Waals surface area (Å²) in [7, 11) is 1.61. The number of benzene rings is 3. The lowest BCUT2D eigenvalue weighted by Crippen LogP contribution is -2.42. The predicted octanol–water partition coefficient (Wildman–Crippen LogP) is 2.24. The summed E-state index contributed by atoms with van der Waals surface area (Å²) in [6, 6.07) is 15.1. The van der Waals surface area contributed by atoms with Crippen molar-refractivity contribution in [3.8, 4) is 11.4 Å². The van der Waals surface area contributed by atoms with Crippen LogP contribution in [0.15, 0.2) is 70.3 Å². The lowest BCUT2D eigenvalue weighted by molar-refractivity contribution is -0.139. The molecule has 0 saturated carbocycles. The zero-order valence-corrected chi connectivity index (χ0v) is 21.9. The maximum Gasteiger partial charge on any atom is 0.335 e. The van der Waals surface area contributed by atoms with Crippen LogP contribution in [0.25, 0.3) is 16.6 Å². The Labute approximate surface area is 224 Å². The predicted molar refractivity (Wildman–Crippen MR) is 148 cm³/mol. The number of fused-ring (bicyclic) bond motifs is 1. The van der Waals surface area contributed by atoms with Crippen molar-refractivity contribution in [1.29, 1.82) is 0 Å². The van der Waals surface area contributed by atoms with E-state index >= 15 is 0 Å². The van der Waals surface area contributed by atoms with E-state index in [1.165, 1.54) is 10.6 Å². The highest BCUT2D eigenvalue weighted by Crippen LogP contribution is 2.21. The van der Waals surface area contributed by atoms with Crippen molar-refractivity contribution in [2.45, 2.75) is 32.9 Å². The highest BCUT2D eigenvalue weighted by molar-refractivity contribution is 6.00. The van der Waals surface area contributed by atoms with E-state index in [1.807, 2.05) is 19.1 Å². The number of phenolic OH excluding ortho intramolecular Hbond substituents is 1. The van der Waals surface area contributed by atoms with Gasteiger partial charge in [-0.25, -0.2) is 14.2 Å². The molecule has 0 aliphatic carbocycles. The van der Waals surface area contributed by atoms with Crippen LogP contribution in [0.4, 0.5) is 0 Å². The number of aryl methyl sites for hydroxylation is 2. The molecule has 10 nitrogen and oxygen atoms in total. The Bertz CT molecular complexity index is 1650. The van der Waals surface area contributed by atoms with Gasteiger partial charge in [-0.3, -0.25) is 14.2 Å². The van der Waals surface area contributed by atoms with E-state index in [0.29, 0.717) is 34.3 Å². The van der Waals surface area contributed by atoms with Crippen LogP contribution in [0.1, 0.15) is 34.0 Å². The Hall–Kier alpha value is -4.70. The molecular formula is C29H30N4O6. The Morgan fingerprint density at radius 3 is 2.33 bits per heavy atom. The van der Waals surface area contributed by atoms with Gasteiger partial charge in [0, 0.05) is 20.0 Å². The van der Waals surface area contributed by atoms with Crippen molar-refractivity contribution >= 4 is 22.8 Å². The molecule has 1 atom stereocenters. The molecule has 0 spiro atoms. The maximum atomic E-state index is 13.3. The smallest absolute Gasteiger partial charge is 0.335 e. The van der Waals surface area contributed by atoms with E-state index in [-0.39, 0.29) is 17.7 Å². The molecule has 4 aromatic rings. The van der Waals surface area contributed by atoms with E-state index in [4.69, 9.17) is 0 Å². The largest absolute Gasteiger partial charge is 0.507 e. The number of amides is 1. The van der Waals surface area contributed by atoms with Gasteiger partial charge in [-0.1, -0.05) is 37.3 Å². The van der Waals surface area contributed by atoms with Gasteiger partial charge in [0.25, 0.3) is 11.5 Å². The number of carboxylic acids is 1. The molecule has 39 heavy (non-hydrogen) atoms. The second-order valence-corrected chi connectivity index (χ2v) is 9.32. The number of carbonyl (C=O) groups excluding carboxylic acids is 1. The van der Waals surface area contributed by atoms with Crippen molar-refractivity contribution in [3.63, 3.8) is 0 Å². The molecule has 1 aromatic heterocycles. The molecule has 0 aliphatic heterocycles. The Morgan fingerprint density at radius 1 is 1.00 bits per heavy atom. The van der Waals surface area contributed by atoms with E-state index < -0.39 is 29.2 Å². The molecule has 202 valence electrons. The van der Waals surface area contributed by atoms with Gasteiger partial charge in [0.2, 0.25) is 0 Å². The Balaban J connectivity index is 1.61. The average molecular weight is 531 g/mol. The normalized spacial score (nSPS) is 11.9. The fourth-order valence-corrected chi connectivity index (χ4v) is 4.50. The standard InChI is InChI=1S/C29H30N4O6/c1-4-30-16-19-10-13-21-23(15-19)32(3)29(39)33(27(21)36)20-11-8-18(9-12-20)14-22(28(37)38)31-26(35)25-17(2)6-5-7-24(25)34/h5-13,15,22,30,34H,4,14,16H2,1-3H3,(H,31,35)(H,37,38). The summed E-state index contributed by atoms with van der Waals surface area (Å²) in [5, 5.41) is 25.8. The molecule has 4 N–H and O–H groups in total. The second-order valence-electron chi connectivity index (χ2n) is 9.32. The van der Waals surface area contributed by atoms with Crippen LogP contribution >= 0.6 is 0 Å². The number of hydrogen-bond acceptors (Lipinski definition) is 6. The fraction of sp³-hybridized carbons (Fsp3) is 0.241. The number of hydrogen-bond donors (Lipinski definition) is 4. The van der Waals surface area contributed by atoms with Gasteiger partial charge in [-0.05, 0) is 60.5 Å². The van der Waals surface area contributed by atoms with E-state index in [1.54, 1.807) is 56.4 Å². The van der Waals surface area contributed by atoms with Crippen molar-refractivity contribution in [1.82, 2.24) is 19.8 Å². The number of aromatic nitrogens is 2. The Morgan fingerprint density at radius 2 is 1.69 bits per heavy atom. The summed E-state index contributed by atoms with van der Waals surface area (Å²) in [5.74, 6) is -2.18. The lowest BCUT2D eigenvalue weighted by atomic mass is 10.0. The van der Waals surface area contributed by atoms with Crippen LogP contribution in [-0.4, -0.2) is 43.8 Å². The van der Waals surface area contributed by atoms with Crippen LogP contribution < -0.4 is 21.9 Å². The quantitative estimate of drug-likeness (QED) is 0.260. The minimum absolute atomic E-state index is 0.0133. The van der Waals surface area contributed by atoms with Crippen molar-refractivity contribution in [2.24, 2.45) is 7.05 Å². The molecule has 1 unspecified atom stereocenters. The summed E-state index contributed by atoms with van der Waals surface area (Å²) < 4.78 is 2.50. The third-order valence-corrected chi connectivity index (χ3v) is 6.63. The number of rotatable bonds is 9. The minimum Gasteiger partial charge on any atom is -0.507 e. The molecule has 1 amide bonds. The van der Waals surface area contributed by atoms with Gasteiger partial charge in [0.05, 0.1) is 22.2 Å². The number of aliphatic carboxylic acids is 1. The summed E-state index contributed by atoms with van der Waals surface area (Å²) in [4.78, 5) is 51.0. The number of nitrogens with one attached hydrogen (secondary N) is 2. The molecule has 0 bridgehead atoms. The number of carbonyl (C=O) groups is 2. The van der Waals surface area contributed by atoms with Gasteiger partial charge >= 0.3 is 11.7 Å². The zero-order chi connectivity index (χ0) is 28.3. The summed E-state index contributed by atoms with van der Waals surface area (Å²) in [6.07, 6.45) is -0.0484. The van der Waals surface area contributed by atoms with Crippen LogP contribution in [-0.2, 0) is 24.8 Å². The first-order chi connectivity index (χ1) is 18.6. The zero-order valence-electron chi connectivity index (χ0n) is 21.9. The molecule has 0 radical (unpaired) electrons. The third kappa shape index (κ3) is 5.60. The summed E-state index contributed by atoms with van der Waals surface area (Å²) >= 11 is 0. The monoisotopic (exact) mass is 530 g/mol. The first-order valence-corrected chi connectivity index (χ1v) is 12.5. The molecule has 0 aliphatic rings. The molecule has 0 fully saturated rings. The molecule has 10 heteroatoms. The average Bonchev–Trinajstić information content (AvgIpc) is 2.91. The van der Waals surface area contributed by atoms with Gasteiger partial charge in [-0.2, -0.15) is 0 Å². The van der Waals surface area contributed by atoms with Crippen molar-refractivity contribution < 1.29 is 19.8 Å². The first kappa shape index (κ1) is 27.3. The topological polar surface area (TPSA) is 143 Å². The van der Waals surface area contributed by atoms with Gasteiger partial charge in [0.15, 0.2) is 0 Å². The number of phenols is 1. The van der Waals surface area contributed by atoms with E-state index in [2.05, 4.69) is 10.6 Å². The highest BCUT2D eigenvalue weighted by Gasteiger charge is 2.24. The van der Waals surface area contributed by atoms with Crippen LogP contribution in [0.2, 0.25) is 0 Å². The first-order valence-electron chi connectivity index (χ1n) is 12.5. The molecule has 3 aromatic carbocycles. The van der Waals surface area contributed by atoms with Crippen molar-refractivity contribution in [3.05, 3.63) is 104 Å². The number of aromatic hydroxyl groups is 1. The summed E-state index contributed by atoms with van der Waals surface area (Å²) in [6.45, 7) is 5.06. The van der Waals surface area contributed by atoms with Gasteiger partial charge in [0.1, 0.15) is 11.8 Å². The molecule has 0 saturated heterocycles. The maximum absolute atomic E-state index is 13.3. The third-order valence-electron chi connectivity index (χ3n) is 6.63. The summed E-state index contributed by atoms with van der Waals surface area (Å²) in [5.41, 5.74) is 1.96. The lowest BCUT2D eigenvalue weighted by Gasteiger charge is -2.17. The number of nitrogens with zero attached hydrogens (tertiary/aromatic N) is 2. The Kier molecular flexibility index (Phi) is 7.96.